The van der Waals surface area contributed by atoms with Gasteiger partial charge in [0.2, 0.25) is 0 Å². The predicted molar refractivity (Wildman–Crippen MR) is 70.1 cm³/mol. The van der Waals surface area contributed by atoms with Crippen LogP contribution in [0.4, 0.5) is 0 Å². The van der Waals surface area contributed by atoms with Gasteiger partial charge in [0.15, 0.2) is 11.0 Å². The van der Waals surface area contributed by atoms with Crippen molar-refractivity contribution in [1.82, 2.24) is 14.5 Å². The second kappa shape index (κ2) is 4.66. The molecule has 1 unspecified atom stereocenters. The SMILES string of the molecule is O=C(O)C1CCCc2c(Cl)nc(-c3ccccn3)n21. The van der Waals surface area contributed by atoms with Gasteiger partial charge in [0, 0.05) is 6.20 Å². The van der Waals surface area contributed by atoms with Crippen LogP contribution in [0.1, 0.15) is 24.6 Å². The molecular weight excluding hydrogens is 266 g/mol. The Hall–Kier alpha value is -1.88. The van der Waals surface area contributed by atoms with Gasteiger partial charge in [0.1, 0.15) is 11.7 Å². The van der Waals surface area contributed by atoms with Crippen molar-refractivity contribution in [2.24, 2.45) is 0 Å². The molecule has 0 saturated carbocycles. The predicted octanol–water partition coefficient (Wildman–Crippen LogP) is 2.56. The van der Waals surface area contributed by atoms with Crippen molar-refractivity contribution in [3.05, 3.63) is 35.2 Å². The molecule has 19 heavy (non-hydrogen) atoms. The Morgan fingerprint density at radius 3 is 3.00 bits per heavy atom. The van der Waals surface area contributed by atoms with Crippen molar-refractivity contribution in [3.8, 4) is 11.5 Å². The van der Waals surface area contributed by atoms with Crippen molar-refractivity contribution in [2.75, 3.05) is 0 Å². The van der Waals surface area contributed by atoms with E-state index in [1.807, 2.05) is 6.07 Å². The summed E-state index contributed by atoms with van der Waals surface area (Å²) in [6.45, 7) is 0. The van der Waals surface area contributed by atoms with E-state index in [0.29, 0.717) is 23.1 Å². The van der Waals surface area contributed by atoms with Crippen LogP contribution in [0.15, 0.2) is 24.4 Å². The molecular formula is C13H12ClN3O2. The molecule has 3 rings (SSSR count). The summed E-state index contributed by atoms with van der Waals surface area (Å²) >= 11 is 6.13. The maximum absolute atomic E-state index is 11.4. The maximum atomic E-state index is 11.4. The van der Waals surface area contributed by atoms with Crippen molar-refractivity contribution >= 4 is 17.6 Å². The molecule has 3 heterocycles. The lowest BCUT2D eigenvalue weighted by atomic mass is 10.0. The lowest BCUT2D eigenvalue weighted by Gasteiger charge is -2.23. The molecule has 0 spiro atoms. The Bertz CT molecular complexity index is 624. The normalized spacial score (nSPS) is 18.1. The van der Waals surface area contributed by atoms with E-state index in [9.17, 15) is 9.90 Å². The van der Waals surface area contributed by atoms with E-state index >= 15 is 0 Å². The third-order valence-electron chi connectivity index (χ3n) is 3.34. The minimum absolute atomic E-state index is 0.381. The molecule has 6 heteroatoms. The molecule has 0 radical (unpaired) electrons. The first-order chi connectivity index (χ1) is 9.18. The molecule has 1 aliphatic heterocycles. The number of hydrogen-bond acceptors (Lipinski definition) is 3. The number of halogens is 1. The van der Waals surface area contributed by atoms with Crippen LogP contribution < -0.4 is 0 Å². The van der Waals surface area contributed by atoms with Gasteiger partial charge in [-0.25, -0.2) is 9.78 Å². The molecule has 2 aromatic rings. The highest BCUT2D eigenvalue weighted by Gasteiger charge is 2.31. The van der Waals surface area contributed by atoms with Crippen molar-refractivity contribution in [1.29, 1.82) is 0 Å². The highest BCUT2D eigenvalue weighted by molar-refractivity contribution is 6.30. The summed E-state index contributed by atoms with van der Waals surface area (Å²) in [5.41, 5.74) is 1.43. The molecule has 5 nitrogen and oxygen atoms in total. The van der Waals surface area contributed by atoms with Crippen molar-refractivity contribution in [3.63, 3.8) is 0 Å². The fourth-order valence-corrected chi connectivity index (χ4v) is 2.77. The fourth-order valence-electron chi connectivity index (χ4n) is 2.50. The monoisotopic (exact) mass is 277 g/mol. The molecule has 1 atom stereocenters. The first-order valence-electron chi connectivity index (χ1n) is 6.09. The lowest BCUT2D eigenvalue weighted by Crippen LogP contribution is -2.25. The molecule has 0 bridgehead atoms. The van der Waals surface area contributed by atoms with E-state index in [2.05, 4.69) is 9.97 Å². The number of carboxylic acid groups (broad SMARTS) is 1. The second-order valence-corrected chi connectivity index (χ2v) is 4.86. The topological polar surface area (TPSA) is 68.0 Å². The summed E-state index contributed by atoms with van der Waals surface area (Å²) < 4.78 is 1.72. The Morgan fingerprint density at radius 2 is 2.32 bits per heavy atom. The minimum Gasteiger partial charge on any atom is -0.480 e. The highest BCUT2D eigenvalue weighted by Crippen LogP contribution is 2.34. The van der Waals surface area contributed by atoms with Crippen LogP contribution in [0.5, 0.6) is 0 Å². The van der Waals surface area contributed by atoms with Crippen molar-refractivity contribution in [2.45, 2.75) is 25.3 Å². The number of nitrogens with zero attached hydrogens (tertiary/aromatic N) is 3. The number of carbonyl (C=O) groups is 1. The van der Waals surface area contributed by atoms with Gasteiger partial charge in [-0.1, -0.05) is 17.7 Å². The number of aromatic nitrogens is 3. The van der Waals surface area contributed by atoms with E-state index in [1.54, 1.807) is 22.9 Å². The smallest absolute Gasteiger partial charge is 0.326 e. The zero-order valence-electron chi connectivity index (χ0n) is 10.1. The number of imidazole rings is 1. The third kappa shape index (κ3) is 2.00. The molecule has 0 aliphatic carbocycles. The first-order valence-corrected chi connectivity index (χ1v) is 6.47. The van der Waals surface area contributed by atoms with Crippen LogP contribution in [-0.4, -0.2) is 25.6 Å². The second-order valence-electron chi connectivity index (χ2n) is 4.50. The summed E-state index contributed by atoms with van der Waals surface area (Å²) in [5.74, 6) is -0.320. The van der Waals surface area contributed by atoms with Gasteiger partial charge in [-0.05, 0) is 31.4 Å². The molecule has 0 aromatic carbocycles. The van der Waals surface area contributed by atoms with E-state index in [0.717, 1.165) is 18.5 Å². The molecule has 0 saturated heterocycles. The Balaban J connectivity index is 2.20. The standard InChI is InChI=1S/C13H12ClN3O2/c14-11-9-5-3-6-10(13(18)19)17(9)12(16-11)8-4-1-2-7-15-8/h1-2,4,7,10H,3,5-6H2,(H,18,19). The molecule has 1 aliphatic rings. The number of rotatable bonds is 2. The van der Waals surface area contributed by atoms with Crippen LogP contribution >= 0.6 is 11.6 Å². The van der Waals surface area contributed by atoms with Crippen LogP contribution in [0.25, 0.3) is 11.5 Å². The number of aliphatic carboxylic acids is 1. The van der Waals surface area contributed by atoms with Gasteiger partial charge in [-0.3, -0.25) is 4.98 Å². The van der Waals surface area contributed by atoms with Crippen LogP contribution in [0.2, 0.25) is 5.15 Å². The van der Waals surface area contributed by atoms with Gasteiger partial charge in [0.25, 0.3) is 0 Å². The molecule has 1 N–H and O–H groups in total. The summed E-state index contributed by atoms with van der Waals surface area (Å²) in [7, 11) is 0. The quantitative estimate of drug-likeness (QED) is 0.916. The minimum atomic E-state index is -0.854. The summed E-state index contributed by atoms with van der Waals surface area (Å²) in [5, 5.41) is 9.73. The van der Waals surface area contributed by atoms with E-state index in [-0.39, 0.29) is 0 Å². The lowest BCUT2D eigenvalue weighted by molar-refractivity contribution is -0.141. The molecule has 0 fully saturated rings. The van der Waals surface area contributed by atoms with Crippen LogP contribution in [-0.2, 0) is 11.2 Å². The van der Waals surface area contributed by atoms with Gasteiger partial charge in [0.05, 0.1) is 5.69 Å². The average Bonchev–Trinajstić information content (AvgIpc) is 2.77. The average molecular weight is 278 g/mol. The largest absolute Gasteiger partial charge is 0.480 e. The van der Waals surface area contributed by atoms with Gasteiger partial charge < -0.3 is 9.67 Å². The number of hydrogen-bond donors (Lipinski definition) is 1. The zero-order chi connectivity index (χ0) is 13.4. The maximum Gasteiger partial charge on any atom is 0.326 e. The molecule has 98 valence electrons. The van der Waals surface area contributed by atoms with Gasteiger partial charge in [-0.2, -0.15) is 0 Å². The number of carboxylic acids is 1. The first kappa shape index (κ1) is 12.2. The number of fused-ring (bicyclic) bond motifs is 1. The van der Waals surface area contributed by atoms with Crippen molar-refractivity contribution < 1.29 is 9.90 Å². The zero-order valence-corrected chi connectivity index (χ0v) is 10.8. The van der Waals surface area contributed by atoms with Crippen LogP contribution in [0.3, 0.4) is 0 Å². The fraction of sp³-hybridized carbons (Fsp3) is 0.308. The van der Waals surface area contributed by atoms with Crippen LogP contribution in [0, 0.1) is 0 Å². The highest BCUT2D eigenvalue weighted by atomic mass is 35.5. The number of pyridine rings is 1. The summed E-state index contributed by atoms with van der Waals surface area (Å²) in [6.07, 6.45) is 3.81. The van der Waals surface area contributed by atoms with Gasteiger partial charge >= 0.3 is 5.97 Å². The molecule has 2 aromatic heterocycles. The van der Waals surface area contributed by atoms with E-state index in [1.165, 1.54) is 0 Å². The molecule has 0 amide bonds. The van der Waals surface area contributed by atoms with E-state index in [4.69, 9.17) is 11.6 Å². The van der Waals surface area contributed by atoms with Gasteiger partial charge in [-0.15, -0.1) is 0 Å². The Morgan fingerprint density at radius 1 is 1.47 bits per heavy atom. The Kier molecular flexibility index (Phi) is 2.98. The third-order valence-corrected chi connectivity index (χ3v) is 3.65. The van der Waals surface area contributed by atoms with E-state index < -0.39 is 12.0 Å². The summed E-state index contributed by atoms with van der Waals surface area (Å²) in [4.78, 5) is 19.9. The Labute approximate surface area is 114 Å². The summed E-state index contributed by atoms with van der Waals surface area (Å²) in [6, 6.07) is 4.84.